The number of aromatic nitrogens is 3. The molecule has 4 nitrogen and oxygen atoms in total. The number of pyridine rings is 1. The zero-order chi connectivity index (χ0) is 9.42. The van der Waals surface area contributed by atoms with Crippen LogP contribution < -0.4 is 5.56 Å². The van der Waals surface area contributed by atoms with Crippen molar-refractivity contribution in [1.82, 2.24) is 14.5 Å². The Morgan fingerprint density at radius 2 is 2.23 bits per heavy atom. The Hall–Kier alpha value is -1.36. The summed E-state index contributed by atoms with van der Waals surface area (Å²) in [4.78, 5) is 19.7. The molecule has 0 saturated heterocycles. The molecule has 0 atom stereocenters. The highest BCUT2D eigenvalue weighted by Crippen LogP contribution is 2.09. The molecule has 0 saturated carbocycles. The van der Waals surface area contributed by atoms with Crippen LogP contribution >= 0.6 is 12.6 Å². The summed E-state index contributed by atoms with van der Waals surface area (Å²) in [5.41, 5.74) is 0.356. The predicted molar refractivity (Wildman–Crippen MR) is 52.0 cm³/mol. The number of hydrogen-bond donors (Lipinski definition) is 1. The van der Waals surface area contributed by atoms with Crippen LogP contribution in [-0.4, -0.2) is 14.5 Å². The fourth-order valence-electron chi connectivity index (χ4n) is 1.15. The second kappa shape index (κ2) is 2.85. The molecule has 0 radical (unpaired) electrons. The van der Waals surface area contributed by atoms with Gasteiger partial charge in [0.05, 0.1) is 5.39 Å². The van der Waals surface area contributed by atoms with Gasteiger partial charge in [0.15, 0.2) is 0 Å². The SMILES string of the molecule is Cn1cnc(=O)c2cc(S)cnc21. The largest absolute Gasteiger partial charge is 0.319 e. The van der Waals surface area contributed by atoms with Gasteiger partial charge < -0.3 is 4.57 Å². The van der Waals surface area contributed by atoms with Gasteiger partial charge in [0, 0.05) is 18.1 Å². The summed E-state index contributed by atoms with van der Waals surface area (Å²) < 4.78 is 1.70. The summed E-state index contributed by atoms with van der Waals surface area (Å²) in [5, 5.41) is 0.498. The standard InChI is InChI=1S/C8H7N3OS/c1-11-4-10-8(12)6-2-5(13)3-9-7(6)11/h2-4,13H,1H3. The molecule has 0 aliphatic rings. The second-order valence-electron chi connectivity index (χ2n) is 2.73. The van der Waals surface area contributed by atoms with E-state index in [9.17, 15) is 4.79 Å². The first-order valence-electron chi connectivity index (χ1n) is 3.69. The van der Waals surface area contributed by atoms with Crippen LogP contribution in [0.15, 0.2) is 28.3 Å². The highest BCUT2D eigenvalue weighted by Gasteiger charge is 2.02. The smallest absolute Gasteiger partial charge is 0.282 e. The van der Waals surface area contributed by atoms with E-state index in [0.717, 1.165) is 0 Å². The van der Waals surface area contributed by atoms with Gasteiger partial charge in [-0.05, 0) is 6.07 Å². The van der Waals surface area contributed by atoms with Gasteiger partial charge in [-0.15, -0.1) is 12.6 Å². The number of hydrogen-bond acceptors (Lipinski definition) is 4. The molecule has 0 aromatic carbocycles. The van der Waals surface area contributed by atoms with Crippen LogP contribution in [0.3, 0.4) is 0 Å². The van der Waals surface area contributed by atoms with Crippen molar-refractivity contribution in [2.24, 2.45) is 7.05 Å². The monoisotopic (exact) mass is 193 g/mol. The molecular weight excluding hydrogens is 186 g/mol. The van der Waals surface area contributed by atoms with Gasteiger partial charge in [0.2, 0.25) is 0 Å². The number of fused-ring (bicyclic) bond motifs is 1. The highest BCUT2D eigenvalue weighted by atomic mass is 32.1. The average Bonchev–Trinajstić information content (AvgIpc) is 2.12. The Morgan fingerprint density at radius 3 is 3.00 bits per heavy atom. The van der Waals surface area contributed by atoms with E-state index in [2.05, 4.69) is 22.6 Å². The molecule has 0 aliphatic heterocycles. The van der Waals surface area contributed by atoms with Gasteiger partial charge in [-0.25, -0.2) is 4.98 Å². The molecule has 2 aromatic heterocycles. The van der Waals surface area contributed by atoms with Crippen molar-refractivity contribution in [3.63, 3.8) is 0 Å². The van der Waals surface area contributed by atoms with E-state index in [0.29, 0.717) is 15.9 Å². The molecule has 0 unspecified atom stereocenters. The summed E-state index contributed by atoms with van der Waals surface area (Å²) in [6.07, 6.45) is 3.06. The third-order valence-electron chi connectivity index (χ3n) is 1.76. The lowest BCUT2D eigenvalue weighted by Gasteiger charge is -2.01. The Morgan fingerprint density at radius 1 is 1.46 bits per heavy atom. The van der Waals surface area contributed by atoms with E-state index < -0.39 is 0 Å². The van der Waals surface area contributed by atoms with E-state index >= 15 is 0 Å². The van der Waals surface area contributed by atoms with Crippen molar-refractivity contribution in [2.75, 3.05) is 0 Å². The molecule has 13 heavy (non-hydrogen) atoms. The van der Waals surface area contributed by atoms with Gasteiger partial charge in [-0.2, -0.15) is 4.98 Å². The molecule has 5 heteroatoms. The van der Waals surface area contributed by atoms with E-state index in [-0.39, 0.29) is 5.56 Å². The zero-order valence-corrected chi connectivity index (χ0v) is 7.82. The lowest BCUT2D eigenvalue weighted by molar-refractivity contribution is 0.881. The molecule has 0 amide bonds. The van der Waals surface area contributed by atoms with Gasteiger partial charge in [-0.3, -0.25) is 4.79 Å². The van der Waals surface area contributed by atoms with Crippen molar-refractivity contribution in [3.05, 3.63) is 28.9 Å². The molecule has 0 bridgehead atoms. The minimum Gasteiger partial charge on any atom is -0.319 e. The second-order valence-corrected chi connectivity index (χ2v) is 3.24. The van der Waals surface area contributed by atoms with Gasteiger partial charge in [0.1, 0.15) is 12.0 Å². The van der Waals surface area contributed by atoms with Crippen LogP contribution in [0.25, 0.3) is 11.0 Å². The Balaban J connectivity index is 3.01. The summed E-state index contributed by atoms with van der Waals surface area (Å²) in [5.74, 6) is 0. The number of aryl methyl sites for hydroxylation is 1. The molecule has 0 N–H and O–H groups in total. The third kappa shape index (κ3) is 1.31. The molecule has 0 fully saturated rings. The van der Waals surface area contributed by atoms with Gasteiger partial charge >= 0.3 is 0 Å². The summed E-state index contributed by atoms with van der Waals surface area (Å²) in [6.45, 7) is 0. The molecular formula is C8H7N3OS. The maximum Gasteiger partial charge on any atom is 0.282 e. The topological polar surface area (TPSA) is 47.8 Å². The molecule has 2 aromatic rings. The van der Waals surface area contributed by atoms with Gasteiger partial charge in [-0.1, -0.05) is 0 Å². The number of thiol groups is 1. The average molecular weight is 193 g/mol. The van der Waals surface area contributed by atoms with Crippen molar-refractivity contribution >= 4 is 23.7 Å². The fourth-order valence-corrected chi connectivity index (χ4v) is 1.34. The molecule has 66 valence electrons. The molecule has 0 spiro atoms. The van der Waals surface area contributed by atoms with Crippen molar-refractivity contribution in [2.45, 2.75) is 4.90 Å². The van der Waals surface area contributed by atoms with Crippen LogP contribution in [-0.2, 0) is 7.05 Å². The molecule has 2 rings (SSSR count). The third-order valence-corrected chi connectivity index (χ3v) is 2.01. The van der Waals surface area contributed by atoms with Gasteiger partial charge in [0.25, 0.3) is 5.56 Å². The first-order chi connectivity index (χ1) is 6.18. The first-order valence-corrected chi connectivity index (χ1v) is 4.13. The maximum absolute atomic E-state index is 11.3. The van der Waals surface area contributed by atoms with Crippen LogP contribution in [0.2, 0.25) is 0 Å². The zero-order valence-electron chi connectivity index (χ0n) is 6.93. The normalized spacial score (nSPS) is 10.6. The Bertz CT molecular complexity index is 520. The quantitative estimate of drug-likeness (QED) is 0.624. The fraction of sp³-hybridized carbons (Fsp3) is 0.125. The number of nitrogens with zero attached hydrogens (tertiary/aromatic N) is 3. The van der Waals surface area contributed by atoms with E-state index in [1.165, 1.54) is 6.33 Å². The van der Waals surface area contributed by atoms with Crippen LogP contribution in [0.4, 0.5) is 0 Å². The lowest BCUT2D eigenvalue weighted by Crippen LogP contribution is -2.11. The minimum absolute atomic E-state index is 0.267. The van der Waals surface area contributed by atoms with E-state index in [1.54, 1.807) is 23.9 Å². The van der Waals surface area contributed by atoms with Crippen LogP contribution in [0.1, 0.15) is 0 Å². The van der Waals surface area contributed by atoms with Crippen molar-refractivity contribution in [3.8, 4) is 0 Å². The Kier molecular flexibility index (Phi) is 1.81. The highest BCUT2D eigenvalue weighted by molar-refractivity contribution is 7.80. The van der Waals surface area contributed by atoms with Crippen molar-refractivity contribution < 1.29 is 0 Å². The van der Waals surface area contributed by atoms with E-state index in [1.807, 2.05) is 0 Å². The first kappa shape index (κ1) is 8.25. The Labute approximate surface area is 79.7 Å². The molecule has 2 heterocycles. The molecule has 0 aliphatic carbocycles. The summed E-state index contributed by atoms with van der Waals surface area (Å²) >= 11 is 4.10. The predicted octanol–water partition coefficient (Wildman–Crippen LogP) is 0.617. The summed E-state index contributed by atoms with van der Waals surface area (Å²) in [6, 6.07) is 1.67. The maximum atomic E-state index is 11.3. The number of rotatable bonds is 0. The summed E-state index contributed by atoms with van der Waals surface area (Å²) in [7, 11) is 1.79. The lowest BCUT2D eigenvalue weighted by atomic mass is 10.3. The van der Waals surface area contributed by atoms with Crippen LogP contribution in [0.5, 0.6) is 0 Å². The van der Waals surface area contributed by atoms with Crippen molar-refractivity contribution in [1.29, 1.82) is 0 Å². The minimum atomic E-state index is -0.267. The van der Waals surface area contributed by atoms with Crippen LogP contribution in [0, 0.1) is 0 Å². The van der Waals surface area contributed by atoms with E-state index in [4.69, 9.17) is 0 Å².